The van der Waals surface area contributed by atoms with Crippen LogP contribution in [0, 0.1) is 11.8 Å². The second-order valence-corrected chi connectivity index (χ2v) is 5.18. The molecule has 6 nitrogen and oxygen atoms in total. The average molecular weight is 250 g/mol. The summed E-state index contributed by atoms with van der Waals surface area (Å²) in [6.45, 7) is 0. The van der Waals surface area contributed by atoms with E-state index in [-0.39, 0.29) is 30.1 Å². The zero-order valence-electron chi connectivity index (χ0n) is 9.85. The maximum absolute atomic E-state index is 12.2. The molecule has 2 aliphatic heterocycles. The van der Waals surface area contributed by atoms with Crippen molar-refractivity contribution < 1.29 is 19.2 Å². The summed E-state index contributed by atoms with van der Waals surface area (Å²) in [4.78, 5) is 48.2. The Morgan fingerprint density at radius 3 is 1.94 bits per heavy atom. The van der Waals surface area contributed by atoms with E-state index < -0.39 is 17.9 Å². The van der Waals surface area contributed by atoms with E-state index in [1.54, 1.807) is 0 Å². The summed E-state index contributed by atoms with van der Waals surface area (Å²) < 4.78 is 0. The van der Waals surface area contributed by atoms with Gasteiger partial charge in [0, 0.05) is 0 Å². The van der Waals surface area contributed by atoms with Gasteiger partial charge in [0.2, 0.25) is 23.6 Å². The Bertz CT molecular complexity index is 435. The molecule has 0 aromatic rings. The van der Waals surface area contributed by atoms with Gasteiger partial charge >= 0.3 is 0 Å². The summed E-state index contributed by atoms with van der Waals surface area (Å²) in [7, 11) is 0. The van der Waals surface area contributed by atoms with Crippen LogP contribution in [0.2, 0.25) is 0 Å². The van der Waals surface area contributed by atoms with Crippen molar-refractivity contribution in [3.63, 3.8) is 0 Å². The highest BCUT2D eigenvalue weighted by Gasteiger charge is 2.53. The number of imide groups is 2. The molecule has 4 amide bonds. The topological polar surface area (TPSA) is 83.6 Å². The first kappa shape index (κ1) is 11.4. The van der Waals surface area contributed by atoms with Gasteiger partial charge in [0.15, 0.2) is 0 Å². The van der Waals surface area contributed by atoms with Crippen LogP contribution in [0.25, 0.3) is 0 Å². The molecule has 6 heteroatoms. The fraction of sp³-hybridized carbons (Fsp3) is 0.667. The van der Waals surface area contributed by atoms with E-state index in [4.69, 9.17) is 0 Å². The van der Waals surface area contributed by atoms with Crippen molar-refractivity contribution in [2.75, 3.05) is 0 Å². The van der Waals surface area contributed by atoms with Crippen LogP contribution in [-0.4, -0.2) is 34.6 Å². The van der Waals surface area contributed by atoms with E-state index in [9.17, 15) is 19.2 Å². The second-order valence-electron chi connectivity index (χ2n) is 5.18. The maximum Gasteiger partial charge on any atom is 0.250 e. The molecule has 1 aliphatic carbocycles. The van der Waals surface area contributed by atoms with Gasteiger partial charge in [-0.2, -0.15) is 0 Å². The lowest BCUT2D eigenvalue weighted by Crippen LogP contribution is -2.44. The van der Waals surface area contributed by atoms with Gasteiger partial charge in [-0.25, -0.2) is 0 Å². The average Bonchev–Trinajstić information content (AvgIpc) is 2.79. The van der Waals surface area contributed by atoms with Crippen molar-refractivity contribution in [2.45, 2.75) is 38.1 Å². The fourth-order valence-electron chi connectivity index (χ4n) is 3.24. The van der Waals surface area contributed by atoms with Crippen molar-refractivity contribution in [3.05, 3.63) is 0 Å². The highest BCUT2D eigenvalue weighted by atomic mass is 16.2. The summed E-state index contributed by atoms with van der Waals surface area (Å²) in [6, 6.07) is -0.914. The molecule has 96 valence electrons. The molecule has 3 fully saturated rings. The van der Waals surface area contributed by atoms with E-state index in [1.807, 2.05) is 0 Å². The molecule has 0 spiro atoms. The molecule has 0 aromatic heterocycles. The van der Waals surface area contributed by atoms with Crippen LogP contribution in [0.4, 0.5) is 0 Å². The number of hydrogen-bond donors (Lipinski definition) is 1. The lowest BCUT2D eigenvalue weighted by atomic mass is 9.81. The van der Waals surface area contributed by atoms with Crippen LogP contribution in [0.15, 0.2) is 0 Å². The minimum absolute atomic E-state index is 0.0875. The molecule has 0 aromatic carbocycles. The van der Waals surface area contributed by atoms with Crippen molar-refractivity contribution in [1.29, 1.82) is 0 Å². The van der Waals surface area contributed by atoms with Crippen molar-refractivity contribution in [1.82, 2.24) is 10.2 Å². The minimum Gasteiger partial charge on any atom is -0.295 e. The predicted molar refractivity (Wildman–Crippen MR) is 58.9 cm³/mol. The Labute approximate surface area is 104 Å². The number of fused-ring (bicyclic) bond motifs is 1. The molecule has 2 saturated heterocycles. The molecule has 3 rings (SSSR count). The molecule has 1 saturated carbocycles. The number of nitrogens with zero attached hydrogens (tertiary/aromatic N) is 1. The van der Waals surface area contributed by atoms with Gasteiger partial charge in [0.05, 0.1) is 18.3 Å². The van der Waals surface area contributed by atoms with Crippen LogP contribution < -0.4 is 5.32 Å². The van der Waals surface area contributed by atoms with Gasteiger partial charge in [-0.3, -0.25) is 29.4 Å². The van der Waals surface area contributed by atoms with E-state index in [0.29, 0.717) is 12.8 Å². The highest BCUT2D eigenvalue weighted by molar-refractivity contribution is 6.13. The van der Waals surface area contributed by atoms with Crippen LogP contribution >= 0.6 is 0 Å². The van der Waals surface area contributed by atoms with E-state index >= 15 is 0 Å². The van der Waals surface area contributed by atoms with Gasteiger partial charge in [0.1, 0.15) is 6.04 Å². The van der Waals surface area contributed by atoms with Crippen LogP contribution in [0.5, 0.6) is 0 Å². The molecule has 0 unspecified atom stereocenters. The summed E-state index contributed by atoms with van der Waals surface area (Å²) >= 11 is 0. The normalized spacial score (nSPS) is 36.0. The summed E-state index contributed by atoms with van der Waals surface area (Å²) in [5.41, 5.74) is 0. The minimum atomic E-state index is -0.914. The Morgan fingerprint density at radius 1 is 0.944 bits per heavy atom. The second kappa shape index (κ2) is 3.90. The van der Waals surface area contributed by atoms with Gasteiger partial charge in [-0.05, 0) is 12.8 Å². The molecule has 0 radical (unpaired) electrons. The van der Waals surface area contributed by atoms with Crippen LogP contribution in [-0.2, 0) is 19.2 Å². The van der Waals surface area contributed by atoms with E-state index in [1.165, 1.54) is 0 Å². The quantitative estimate of drug-likeness (QED) is 0.640. The molecule has 3 aliphatic rings. The molecule has 1 N–H and O–H groups in total. The first-order valence-corrected chi connectivity index (χ1v) is 6.30. The number of hydrogen-bond acceptors (Lipinski definition) is 4. The van der Waals surface area contributed by atoms with Crippen LogP contribution in [0.1, 0.15) is 32.1 Å². The number of amides is 4. The third kappa shape index (κ3) is 1.48. The zero-order chi connectivity index (χ0) is 12.9. The summed E-state index contributed by atoms with van der Waals surface area (Å²) in [6.07, 6.45) is 3.24. The van der Waals surface area contributed by atoms with Gasteiger partial charge in [-0.1, -0.05) is 12.8 Å². The monoisotopic (exact) mass is 250 g/mol. The molecule has 3 atom stereocenters. The number of nitrogens with one attached hydrogen (secondary N) is 1. The number of carbonyl (C=O) groups excluding carboxylic acids is 4. The van der Waals surface area contributed by atoms with Crippen molar-refractivity contribution in [3.8, 4) is 0 Å². The Hall–Kier alpha value is -1.72. The highest BCUT2D eigenvalue weighted by Crippen LogP contribution is 2.39. The third-order valence-corrected chi connectivity index (χ3v) is 4.13. The molecular formula is C12H14N2O4. The number of likely N-dealkylation sites (tertiary alicyclic amines) is 1. The SMILES string of the molecule is O=C1C[C@@H](N2C(=O)[C@@H]3CCCC[C@H]3C2=O)C(=O)N1. The van der Waals surface area contributed by atoms with Gasteiger partial charge < -0.3 is 0 Å². The number of rotatable bonds is 1. The Morgan fingerprint density at radius 2 is 1.50 bits per heavy atom. The van der Waals surface area contributed by atoms with Crippen LogP contribution in [0.3, 0.4) is 0 Å². The van der Waals surface area contributed by atoms with E-state index in [0.717, 1.165) is 17.7 Å². The number of carbonyl (C=O) groups is 4. The molecular weight excluding hydrogens is 236 g/mol. The predicted octanol–water partition coefficient (Wildman–Crippen LogP) is -0.423. The first-order valence-electron chi connectivity index (χ1n) is 6.30. The maximum atomic E-state index is 12.2. The zero-order valence-corrected chi connectivity index (χ0v) is 9.85. The van der Waals surface area contributed by atoms with Crippen molar-refractivity contribution >= 4 is 23.6 Å². The fourth-order valence-corrected chi connectivity index (χ4v) is 3.24. The summed E-state index contributed by atoms with van der Waals surface area (Å²) in [5.74, 6) is -2.01. The molecule has 0 bridgehead atoms. The Balaban J connectivity index is 1.88. The summed E-state index contributed by atoms with van der Waals surface area (Å²) in [5, 5.41) is 2.14. The third-order valence-electron chi connectivity index (χ3n) is 4.13. The lowest BCUT2D eigenvalue weighted by Gasteiger charge is -2.19. The smallest absolute Gasteiger partial charge is 0.250 e. The van der Waals surface area contributed by atoms with Crippen molar-refractivity contribution in [2.24, 2.45) is 11.8 Å². The lowest BCUT2D eigenvalue weighted by molar-refractivity contribution is -0.146. The van der Waals surface area contributed by atoms with Gasteiger partial charge in [-0.15, -0.1) is 0 Å². The van der Waals surface area contributed by atoms with E-state index in [2.05, 4.69) is 5.32 Å². The molecule has 18 heavy (non-hydrogen) atoms. The first-order chi connectivity index (χ1) is 8.59. The largest absolute Gasteiger partial charge is 0.295 e. The van der Waals surface area contributed by atoms with Gasteiger partial charge in [0.25, 0.3) is 0 Å². The molecule has 2 heterocycles. The standard InChI is InChI=1S/C12H14N2O4/c15-9-5-8(10(16)13-9)14-11(17)6-3-1-2-4-7(6)12(14)18/h6-8H,1-5H2,(H,13,15,16)/t6-,7-,8-/m1/s1. The Kier molecular flexibility index (Phi) is 2.46.